The van der Waals surface area contributed by atoms with E-state index in [1.165, 1.54) is 20.8 Å². The number of carbonyl (C=O) groups excluding carboxylic acids is 1. The molecule has 0 heterocycles. The van der Waals surface area contributed by atoms with Crippen LogP contribution in [0.3, 0.4) is 0 Å². The number of nitrogens with two attached hydrogens (primary N) is 2. The predicted octanol–water partition coefficient (Wildman–Crippen LogP) is -0.373. The first-order valence-electron chi connectivity index (χ1n) is 4.57. The molecule has 0 saturated carbocycles. The first-order chi connectivity index (χ1) is 7.01. The quantitative estimate of drug-likeness (QED) is 0.307. The molecule has 0 rings (SSSR count). The largest absolute Gasteiger partial charge is 0.480 e. The van der Waals surface area contributed by atoms with E-state index in [0.29, 0.717) is 0 Å². The average Bonchev–Trinajstić information content (AvgIpc) is 2.11. The number of carboxylic acid groups (broad SMARTS) is 1. The number of rotatable bonds is 4. The van der Waals surface area contributed by atoms with Gasteiger partial charge in [-0.15, -0.1) is 0 Å². The fourth-order valence-corrected chi connectivity index (χ4v) is 0.794. The van der Waals surface area contributed by atoms with E-state index >= 15 is 0 Å². The molecule has 0 fully saturated rings. The van der Waals surface area contributed by atoms with Gasteiger partial charge in [0.2, 0.25) is 0 Å². The number of amides is 1. The topological polar surface area (TPSA) is 119 Å². The summed E-state index contributed by atoms with van der Waals surface area (Å²) in [5.41, 5.74) is 8.26. The van der Waals surface area contributed by atoms with Gasteiger partial charge in [-0.25, -0.2) is 4.99 Å². The molecule has 6 nitrogen and oxygen atoms in total. The summed E-state index contributed by atoms with van der Waals surface area (Å²) in [7, 11) is 0. The molecule has 7 heteroatoms. The normalized spacial score (nSPS) is 18.1. The lowest BCUT2D eigenvalue weighted by Crippen LogP contribution is -2.45. The SMILES string of the molecule is CC(C)(N)C(=O)N=CC(C)(C(=O)O)C(N)S. The van der Waals surface area contributed by atoms with Gasteiger partial charge in [0.1, 0.15) is 5.41 Å². The van der Waals surface area contributed by atoms with Crippen molar-refractivity contribution in [2.24, 2.45) is 21.9 Å². The van der Waals surface area contributed by atoms with E-state index in [4.69, 9.17) is 16.6 Å². The Morgan fingerprint density at radius 1 is 1.44 bits per heavy atom. The Kier molecular flexibility index (Phi) is 4.66. The Morgan fingerprint density at radius 3 is 2.12 bits per heavy atom. The van der Waals surface area contributed by atoms with Crippen LogP contribution in [0.1, 0.15) is 20.8 Å². The number of nitrogens with zero attached hydrogens (tertiary/aromatic N) is 1. The highest BCUT2D eigenvalue weighted by atomic mass is 32.1. The van der Waals surface area contributed by atoms with Crippen LogP contribution in [0.5, 0.6) is 0 Å². The van der Waals surface area contributed by atoms with Crippen LogP contribution in [-0.4, -0.2) is 34.1 Å². The summed E-state index contributed by atoms with van der Waals surface area (Å²) in [5.74, 6) is -1.82. The Morgan fingerprint density at radius 2 is 1.88 bits per heavy atom. The van der Waals surface area contributed by atoms with Gasteiger partial charge >= 0.3 is 5.97 Å². The molecule has 92 valence electrons. The van der Waals surface area contributed by atoms with Gasteiger partial charge in [0.15, 0.2) is 0 Å². The molecule has 16 heavy (non-hydrogen) atoms. The van der Waals surface area contributed by atoms with E-state index in [-0.39, 0.29) is 0 Å². The Hall–Kier alpha value is -0.920. The van der Waals surface area contributed by atoms with E-state index in [9.17, 15) is 9.59 Å². The van der Waals surface area contributed by atoms with Crippen molar-refractivity contribution in [2.75, 3.05) is 0 Å². The van der Waals surface area contributed by atoms with E-state index in [1.807, 2.05) is 0 Å². The van der Waals surface area contributed by atoms with Crippen molar-refractivity contribution in [3.63, 3.8) is 0 Å². The van der Waals surface area contributed by atoms with Crippen LogP contribution >= 0.6 is 12.6 Å². The molecule has 0 aromatic carbocycles. The molecule has 0 spiro atoms. The van der Waals surface area contributed by atoms with Gasteiger partial charge in [-0.1, -0.05) is 0 Å². The molecule has 1 amide bonds. The van der Waals surface area contributed by atoms with E-state index < -0.39 is 28.2 Å². The summed E-state index contributed by atoms with van der Waals surface area (Å²) >= 11 is 3.86. The lowest BCUT2D eigenvalue weighted by molar-refractivity contribution is -0.143. The van der Waals surface area contributed by atoms with E-state index in [2.05, 4.69) is 17.6 Å². The summed E-state index contributed by atoms with van der Waals surface area (Å²) in [5, 5.41) is 7.99. The molecule has 0 aromatic heterocycles. The summed E-state index contributed by atoms with van der Waals surface area (Å²) < 4.78 is 0. The number of hydrogen-bond donors (Lipinski definition) is 4. The van der Waals surface area contributed by atoms with Crippen molar-refractivity contribution in [1.82, 2.24) is 0 Å². The lowest BCUT2D eigenvalue weighted by atomic mass is 9.92. The van der Waals surface area contributed by atoms with Crippen molar-refractivity contribution < 1.29 is 14.7 Å². The van der Waals surface area contributed by atoms with Crippen LogP contribution in [0.15, 0.2) is 4.99 Å². The van der Waals surface area contributed by atoms with Gasteiger partial charge in [0.25, 0.3) is 5.91 Å². The number of carboxylic acids is 1. The van der Waals surface area contributed by atoms with Crippen LogP contribution in [0.25, 0.3) is 0 Å². The number of hydrogen-bond acceptors (Lipinski definition) is 5. The van der Waals surface area contributed by atoms with Gasteiger partial charge in [-0.2, -0.15) is 12.6 Å². The zero-order valence-corrected chi connectivity index (χ0v) is 10.4. The average molecular weight is 247 g/mol. The lowest BCUT2D eigenvalue weighted by Gasteiger charge is -2.23. The van der Waals surface area contributed by atoms with Crippen LogP contribution in [0.4, 0.5) is 0 Å². The van der Waals surface area contributed by atoms with Gasteiger partial charge in [0.05, 0.1) is 10.9 Å². The molecule has 2 atom stereocenters. The molecular formula is C9H17N3O3S. The second kappa shape index (κ2) is 4.94. The third-order valence-corrected chi connectivity index (χ3v) is 2.61. The fourth-order valence-electron chi connectivity index (χ4n) is 0.617. The van der Waals surface area contributed by atoms with E-state index in [1.54, 1.807) is 0 Å². The maximum absolute atomic E-state index is 11.4. The van der Waals surface area contributed by atoms with Crippen LogP contribution in [0.2, 0.25) is 0 Å². The summed E-state index contributed by atoms with van der Waals surface area (Å²) in [4.78, 5) is 25.8. The van der Waals surface area contributed by atoms with Crippen molar-refractivity contribution in [1.29, 1.82) is 0 Å². The first-order valence-corrected chi connectivity index (χ1v) is 5.09. The first kappa shape index (κ1) is 15.1. The highest BCUT2D eigenvalue weighted by Gasteiger charge is 2.37. The minimum atomic E-state index is -1.51. The Labute approximate surface area is 99.5 Å². The van der Waals surface area contributed by atoms with Gasteiger partial charge in [0, 0.05) is 6.21 Å². The van der Waals surface area contributed by atoms with Crippen molar-refractivity contribution in [3.8, 4) is 0 Å². The van der Waals surface area contributed by atoms with Crippen LogP contribution < -0.4 is 11.5 Å². The van der Waals surface area contributed by atoms with Crippen LogP contribution in [0, 0.1) is 5.41 Å². The Bertz CT molecular complexity index is 322. The molecule has 0 radical (unpaired) electrons. The van der Waals surface area contributed by atoms with Crippen LogP contribution in [-0.2, 0) is 9.59 Å². The molecule has 0 saturated heterocycles. The maximum atomic E-state index is 11.4. The third-order valence-electron chi connectivity index (χ3n) is 2.08. The minimum Gasteiger partial charge on any atom is -0.480 e. The maximum Gasteiger partial charge on any atom is 0.317 e. The molecule has 0 aliphatic rings. The zero-order chi connectivity index (χ0) is 13.1. The molecule has 0 aromatic rings. The van der Waals surface area contributed by atoms with Crippen molar-refractivity contribution in [3.05, 3.63) is 0 Å². The highest BCUT2D eigenvalue weighted by Crippen LogP contribution is 2.20. The van der Waals surface area contributed by atoms with Gasteiger partial charge < -0.3 is 16.6 Å². The van der Waals surface area contributed by atoms with Gasteiger partial charge in [-0.05, 0) is 20.8 Å². The summed E-state index contributed by atoms with van der Waals surface area (Å²) in [6.07, 6.45) is 0.976. The van der Waals surface area contributed by atoms with Crippen molar-refractivity contribution >= 4 is 30.7 Å². The number of thiol groups is 1. The second-order valence-electron chi connectivity index (χ2n) is 4.32. The second-order valence-corrected chi connectivity index (χ2v) is 4.87. The molecule has 5 N–H and O–H groups in total. The predicted molar refractivity (Wildman–Crippen MR) is 64.5 cm³/mol. The zero-order valence-electron chi connectivity index (χ0n) is 9.47. The molecule has 0 aliphatic heterocycles. The molecular weight excluding hydrogens is 230 g/mol. The number of aliphatic imine (C=N–C) groups is 1. The number of carbonyl (C=O) groups is 2. The third kappa shape index (κ3) is 3.58. The summed E-state index contributed by atoms with van der Waals surface area (Å²) in [6.45, 7) is 4.28. The molecule has 2 unspecified atom stereocenters. The highest BCUT2D eigenvalue weighted by molar-refractivity contribution is 7.81. The number of aliphatic carboxylic acids is 1. The fraction of sp³-hybridized carbons (Fsp3) is 0.667. The molecule has 0 aliphatic carbocycles. The molecule has 0 bridgehead atoms. The minimum absolute atomic E-state index is 0.617. The van der Waals surface area contributed by atoms with Crippen molar-refractivity contribution in [2.45, 2.75) is 31.7 Å². The monoisotopic (exact) mass is 247 g/mol. The smallest absolute Gasteiger partial charge is 0.317 e. The van der Waals surface area contributed by atoms with E-state index in [0.717, 1.165) is 6.21 Å². The van der Waals surface area contributed by atoms with Gasteiger partial charge in [-0.3, -0.25) is 9.59 Å². The standard InChI is InChI=1S/C9H17N3O3S/c1-8(2,11)6(13)12-4-9(3,5(10)16)7(14)15/h4-5,16H,10-11H2,1-3H3,(H,14,15). The Balaban J connectivity index is 5.00. The summed E-state index contributed by atoms with van der Waals surface area (Å²) in [6, 6.07) is 0.